The number of hydrogen-bond acceptors (Lipinski definition) is 2. The number of carbonyl (C=O) groups is 1. The average molecular weight is 271 g/mol. The molecule has 0 atom stereocenters. The molecule has 1 fully saturated rings. The van der Waals surface area contributed by atoms with Crippen LogP contribution in [0.25, 0.3) is 0 Å². The van der Waals surface area contributed by atoms with Gasteiger partial charge in [-0.15, -0.1) is 0 Å². The van der Waals surface area contributed by atoms with Gasteiger partial charge in [-0.2, -0.15) is 0 Å². The summed E-state index contributed by atoms with van der Waals surface area (Å²) in [6, 6.07) is 0. The predicted molar refractivity (Wildman–Crippen MR) is 69.9 cm³/mol. The minimum atomic E-state index is -2.67. The summed E-state index contributed by atoms with van der Waals surface area (Å²) in [5.41, 5.74) is 0. The van der Waals surface area contributed by atoms with Crippen molar-refractivity contribution in [2.75, 3.05) is 13.1 Å². The third-order valence-corrected chi connectivity index (χ3v) is 2.79. The van der Waals surface area contributed by atoms with E-state index in [-0.39, 0.29) is 25.9 Å². The molecule has 0 aromatic heterocycles. The highest BCUT2D eigenvalue weighted by Crippen LogP contribution is 2.28. The molecule has 1 rings (SSSR count). The zero-order chi connectivity index (χ0) is 14.3. The van der Waals surface area contributed by atoms with Gasteiger partial charge < -0.3 is 9.64 Å². The number of carbonyl (C=O) groups excluding carboxylic acids is 1. The zero-order valence-corrected chi connectivity index (χ0v) is 11.1. The molecule has 5 heteroatoms. The number of nitrogens with zero attached hydrogens (tertiary/aromatic N) is 1. The number of likely N-dealkylation sites (tertiary alicyclic amines) is 1. The fourth-order valence-corrected chi connectivity index (χ4v) is 1.62. The van der Waals surface area contributed by atoms with E-state index in [4.69, 9.17) is 4.74 Å². The SMILES string of the molecule is C=CC(=CC=CCC)OC(=O)N1CCC(F)(F)CC1. The largest absolute Gasteiger partial charge is 0.415 e. The highest BCUT2D eigenvalue weighted by molar-refractivity contribution is 5.69. The lowest BCUT2D eigenvalue weighted by Gasteiger charge is -2.30. The van der Waals surface area contributed by atoms with Crippen molar-refractivity contribution in [2.45, 2.75) is 32.1 Å². The number of piperidine rings is 1. The van der Waals surface area contributed by atoms with Crippen LogP contribution in [-0.4, -0.2) is 30.0 Å². The molecule has 0 bridgehead atoms. The summed E-state index contributed by atoms with van der Waals surface area (Å²) in [6.45, 7) is 5.56. The van der Waals surface area contributed by atoms with Gasteiger partial charge in [0.25, 0.3) is 5.92 Å². The van der Waals surface area contributed by atoms with Crippen LogP contribution >= 0.6 is 0 Å². The first-order valence-corrected chi connectivity index (χ1v) is 6.32. The molecule has 3 nitrogen and oxygen atoms in total. The molecule has 0 radical (unpaired) electrons. The summed E-state index contributed by atoms with van der Waals surface area (Å²) >= 11 is 0. The maximum absolute atomic E-state index is 13.0. The number of halogens is 2. The van der Waals surface area contributed by atoms with Crippen LogP contribution in [0.15, 0.2) is 36.6 Å². The molecular weight excluding hydrogens is 252 g/mol. The Balaban J connectivity index is 2.52. The quantitative estimate of drug-likeness (QED) is 0.573. The van der Waals surface area contributed by atoms with E-state index in [2.05, 4.69) is 6.58 Å². The summed E-state index contributed by atoms with van der Waals surface area (Å²) in [5.74, 6) is -2.36. The summed E-state index contributed by atoms with van der Waals surface area (Å²) in [4.78, 5) is 13.0. The Labute approximate surface area is 112 Å². The van der Waals surface area contributed by atoms with Crippen molar-refractivity contribution in [3.63, 3.8) is 0 Å². The lowest BCUT2D eigenvalue weighted by Crippen LogP contribution is -2.42. The van der Waals surface area contributed by atoms with Gasteiger partial charge in [-0.3, -0.25) is 0 Å². The number of allylic oxidation sites excluding steroid dienone is 4. The van der Waals surface area contributed by atoms with E-state index in [1.807, 2.05) is 13.0 Å². The lowest BCUT2D eigenvalue weighted by atomic mass is 10.1. The Morgan fingerprint density at radius 2 is 2.05 bits per heavy atom. The number of rotatable bonds is 4. The molecule has 0 N–H and O–H groups in total. The number of amides is 1. The second-order valence-corrected chi connectivity index (χ2v) is 4.32. The van der Waals surface area contributed by atoms with E-state index in [0.717, 1.165) is 6.42 Å². The van der Waals surface area contributed by atoms with E-state index in [1.165, 1.54) is 11.0 Å². The molecule has 1 aliphatic rings. The van der Waals surface area contributed by atoms with Crippen LogP contribution in [0.3, 0.4) is 0 Å². The van der Waals surface area contributed by atoms with Crippen molar-refractivity contribution in [3.8, 4) is 0 Å². The summed E-state index contributed by atoms with van der Waals surface area (Å²) in [6.07, 6.45) is 6.33. The normalized spacial score (nSPS) is 19.5. The topological polar surface area (TPSA) is 29.5 Å². The van der Waals surface area contributed by atoms with Gasteiger partial charge in [0.05, 0.1) is 0 Å². The molecule has 1 aliphatic heterocycles. The fraction of sp³-hybridized carbons (Fsp3) is 0.500. The molecule has 0 aromatic carbocycles. The molecule has 1 saturated heterocycles. The molecule has 0 spiro atoms. The summed E-state index contributed by atoms with van der Waals surface area (Å²) < 4.78 is 31.0. The first-order chi connectivity index (χ1) is 8.98. The monoisotopic (exact) mass is 271 g/mol. The standard InChI is InChI=1S/C14H19F2NO2/c1-3-5-6-7-12(4-2)19-13(18)17-10-8-14(15,16)9-11-17/h4-7H,2-3,8-11H2,1H3. The van der Waals surface area contributed by atoms with Gasteiger partial charge >= 0.3 is 6.09 Å². The number of alkyl halides is 2. The summed E-state index contributed by atoms with van der Waals surface area (Å²) in [5, 5.41) is 0. The Hall–Kier alpha value is -1.65. The molecule has 19 heavy (non-hydrogen) atoms. The number of ether oxygens (including phenoxy) is 1. The first kappa shape index (κ1) is 15.4. The Morgan fingerprint density at radius 1 is 1.42 bits per heavy atom. The van der Waals surface area contributed by atoms with Gasteiger partial charge in [0, 0.05) is 25.9 Å². The van der Waals surface area contributed by atoms with E-state index < -0.39 is 12.0 Å². The van der Waals surface area contributed by atoms with E-state index in [1.54, 1.807) is 12.2 Å². The molecule has 0 saturated carbocycles. The van der Waals surface area contributed by atoms with E-state index in [0.29, 0.717) is 5.76 Å². The van der Waals surface area contributed by atoms with E-state index >= 15 is 0 Å². The Bertz CT molecular complexity index is 379. The third kappa shape index (κ3) is 5.24. The van der Waals surface area contributed by atoms with Gasteiger partial charge in [0.1, 0.15) is 5.76 Å². The molecule has 106 valence electrons. The van der Waals surface area contributed by atoms with Gasteiger partial charge in [-0.1, -0.05) is 25.7 Å². The van der Waals surface area contributed by atoms with Crippen molar-refractivity contribution in [2.24, 2.45) is 0 Å². The maximum atomic E-state index is 13.0. The average Bonchev–Trinajstić information content (AvgIpc) is 2.37. The minimum Gasteiger partial charge on any atom is -0.410 e. The van der Waals surface area contributed by atoms with Crippen LogP contribution < -0.4 is 0 Å². The van der Waals surface area contributed by atoms with Crippen LogP contribution in [0.1, 0.15) is 26.2 Å². The number of hydrogen-bond donors (Lipinski definition) is 0. The van der Waals surface area contributed by atoms with Crippen molar-refractivity contribution >= 4 is 6.09 Å². The van der Waals surface area contributed by atoms with Crippen molar-refractivity contribution in [1.29, 1.82) is 0 Å². The van der Waals surface area contributed by atoms with Crippen molar-refractivity contribution < 1.29 is 18.3 Å². The highest BCUT2D eigenvalue weighted by atomic mass is 19.3. The van der Waals surface area contributed by atoms with Crippen LogP contribution in [0, 0.1) is 0 Å². The smallest absolute Gasteiger partial charge is 0.410 e. The minimum absolute atomic E-state index is 0.0149. The zero-order valence-electron chi connectivity index (χ0n) is 11.1. The fourth-order valence-electron chi connectivity index (χ4n) is 1.62. The molecule has 0 unspecified atom stereocenters. The second kappa shape index (κ2) is 7.07. The van der Waals surface area contributed by atoms with Crippen molar-refractivity contribution in [1.82, 2.24) is 4.90 Å². The molecule has 1 heterocycles. The van der Waals surface area contributed by atoms with Gasteiger partial charge in [0.15, 0.2) is 0 Å². The lowest BCUT2D eigenvalue weighted by molar-refractivity contribution is -0.0509. The maximum Gasteiger partial charge on any atom is 0.415 e. The Morgan fingerprint density at radius 3 is 2.58 bits per heavy atom. The van der Waals surface area contributed by atoms with Crippen LogP contribution in [-0.2, 0) is 4.74 Å². The highest BCUT2D eigenvalue weighted by Gasteiger charge is 2.36. The third-order valence-electron chi connectivity index (χ3n) is 2.79. The molecule has 1 amide bonds. The van der Waals surface area contributed by atoms with Gasteiger partial charge in [0.2, 0.25) is 0 Å². The molecule has 0 aromatic rings. The van der Waals surface area contributed by atoms with Crippen LogP contribution in [0.5, 0.6) is 0 Å². The first-order valence-electron chi connectivity index (χ1n) is 6.32. The summed E-state index contributed by atoms with van der Waals surface area (Å²) in [7, 11) is 0. The van der Waals surface area contributed by atoms with Crippen LogP contribution in [0.4, 0.5) is 13.6 Å². The molecule has 0 aliphatic carbocycles. The van der Waals surface area contributed by atoms with Gasteiger partial charge in [-0.05, 0) is 18.6 Å². The van der Waals surface area contributed by atoms with E-state index in [9.17, 15) is 13.6 Å². The van der Waals surface area contributed by atoms with Crippen molar-refractivity contribution in [3.05, 3.63) is 36.6 Å². The molecular formula is C14H19F2NO2. The van der Waals surface area contributed by atoms with Gasteiger partial charge in [-0.25, -0.2) is 13.6 Å². The predicted octanol–water partition coefficient (Wildman–Crippen LogP) is 3.89. The second-order valence-electron chi connectivity index (χ2n) is 4.32. The Kier molecular flexibility index (Phi) is 5.73. The van der Waals surface area contributed by atoms with Crippen LogP contribution in [0.2, 0.25) is 0 Å².